The molecule has 20 heavy (non-hydrogen) atoms. The Morgan fingerprint density at radius 1 is 1.40 bits per heavy atom. The molecule has 0 fully saturated rings. The molecule has 0 aliphatic carbocycles. The van der Waals surface area contributed by atoms with Gasteiger partial charge in [0.2, 0.25) is 0 Å². The van der Waals surface area contributed by atoms with Crippen LogP contribution in [-0.4, -0.2) is 17.4 Å². The van der Waals surface area contributed by atoms with Crippen molar-refractivity contribution in [3.05, 3.63) is 58.9 Å². The molecule has 1 heterocycles. The van der Waals surface area contributed by atoms with Gasteiger partial charge in [0.25, 0.3) is 5.91 Å². The average molecular weight is 286 g/mol. The highest BCUT2D eigenvalue weighted by atomic mass is 35.5. The van der Waals surface area contributed by atoms with Crippen LogP contribution in [0.4, 0.5) is 5.69 Å². The number of anilines is 1. The van der Waals surface area contributed by atoms with Crippen LogP contribution in [0, 0.1) is 11.8 Å². The van der Waals surface area contributed by atoms with Crippen LogP contribution in [0.5, 0.6) is 0 Å². The Morgan fingerprint density at radius 3 is 2.95 bits per heavy atom. The molecule has 0 unspecified atom stereocenters. The number of carbonyl (C=O) groups excluding carboxylic acids is 1. The average Bonchev–Trinajstić information content (AvgIpc) is 2.48. The smallest absolute Gasteiger partial charge is 0.257 e. The zero-order valence-electron chi connectivity index (χ0n) is 10.6. The first-order chi connectivity index (χ1) is 9.70. The maximum absolute atomic E-state index is 12.0. The molecule has 1 amide bonds. The highest BCUT2D eigenvalue weighted by Gasteiger charge is 2.07. The lowest BCUT2D eigenvalue weighted by molar-refractivity contribution is 0.102. The predicted molar refractivity (Wildman–Crippen MR) is 79.6 cm³/mol. The molecule has 0 aliphatic heterocycles. The van der Waals surface area contributed by atoms with Crippen molar-refractivity contribution in [3.63, 3.8) is 0 Å². The predicted octanol–water partition coefficient (Wildman–Crippen LogP) is 2.30. The molecule has 0 atom stereocenters. The van der Waals surface area contributed by atoms with Gasteiger partial charge in [0, 0.05) is 23.6 Å². The standard InChI is InChI=1S/C15H12ClN3O/c16-14-6-5-13(9-11(14)3-1-7-17)19-15(20)12-4-2-8-18-10-12/h2,4-6,8-10H,7,17H2,(H,19,20). The van der Waals surface area contributed by atoms with Gasteiger partial charge in [-0.15, -0.1) is 0 Å². The Morgan fingerprint density at radius 2 is 2.25 bits per heavy atom. The summed E-state index contributed by atoms with van der Waals surface area (Å²) in [6, 6.07) is 8.49. The third-order valence-corrected chi connectivity index (χ3v) is 2.80. The van der Waals surface area contributed by atoms with E-state index in [1.54, 1.807) is 36.5 Å². The van der Waals surface area contributed by atoms with Crippen molar-refractivity contribution in [2.24, 2.45) is 5.73 Å². The Labute approximate surface area is 122 Å². The monoisotopic (exact) mass is 285 g/mol. The number of hydrogen-bond acceptors (Lipinski definition) is 3. The molecule has 0 radical (unpaired) electrons. The number of hydrogen-bond donors (Lipinski definition) is 2. The highest BCUT2D eigenvalue weighted by Crippen LogP contribution is 2.20. The van der Waals surface area contributed by atoms with Crippen molar-refractivity contribution in [2.75, 3.05) is 11.9 Å². The maximum Gasteiger partial charge on any atom is 0.257 e. The van der Waals surface area contributed by atoms with Crippen LogP contribution in [0.25, 0.3) is 0 Å². The van der Waals surface area contributed by atoms with E-state index in [0.717, 1.165) is 0 Å². The summed E-state index contributed by atoms with van der Waals surface area (Å²) in [4.78, 5) is 15.9. The van der Waals surface area contributed by atoms with Gasteiger partial charge in [0.15, 0.2) is 0 Å². The number of nitrogens with two attached hydrogens (primary N) is 1. The van der Waals surface area contributed by atoms with Crippen LogP contribution in [-0.2, 0) is 0 Å². The maximum atomic E-state index is 12.0. The van der Waals surface area contributed by atoms with Crippen LogP contribution in [0.3, 0.4) is 0 Å². The van der Waals surface area contributed by atoms with Crippen LogP contribution >= 0.6 is 11.6 Å². The van der Waals surface area contributed by atoms with Gasteiger partial charge in [-0.3, -0.25) is 9.78 Å². The fraction of sp³-hybridized carbons (Fsp3) is 0.0667. The Balaban J connectivity index is 2.20. The molecule has 0 saturated carbocycles. The molecule has 0 spiro atoms. The number of pyridine rings is 1. The van der Waals surface area contributed by atoms with E-state index in [1.165, 1.54) is 6.20 Å². The number of nitrogens with one attached hydrogen (secondary N) is 1. The SMILES string of the molecule is NCC#Cc1cc(NC(=O)c2cccnc2)ccc1Cl. The summed E-state index contributed by atoms with van der Waals surface area (Å²) in [7, 11) is 0. The third kappa shape index (κ3) is 3.58. The number of amides is 1. The van der Waals surface area contributed by atoms with Crippen LogP contribution in [0.1, 0.15) is 15.9 Å². The van der Waals surface area contributed by atoms with Gasteiger partial charge in [-0.1, -0.05) is 23.4 Å². The first-order valence-corrected chi connectivity index (χ1v) is 6.28. The van der Waals surface area contributed by atoms with Crippen molar-refractivity contribution in [3.8, 4) is 11.8 Å². The fourth-order valence-electron chi connectivity index (χ4n) is 1.55. The molecule has 1 aromatic carbocycles. The molecule has 5 heteroatoms. The van der Waals surface area contributed by atoms with Gasteiger partial charge >= 0.3 is 0 Å². The normalized spacial score (nSPS) is 9.50. The highest BCUT2D eigenvalue weighted by molar-refractivity contribution is 6.31. The summed E-state index contributed by atoms with van der Waals surface area (Å²) in [6.07, 6.45) is 3.11. The Bertz CT molecular complexity index is 675. The largest absolute Gasteiger partial charge is 0.322 e. The lowest BCUT2D eigenvalue weighted by Gasteiger charge is -2.06. The molecule has 100 valence electrons. The van der Waals surface area contributed by atoms with E-state index in [2.05, 4.69) is 22.1 Å². The van der Waals surface area contributed by atoms with E-state index in [1.807, 2.05) is 0 Å². The van der Waals surface area contributed by atoms with Gasteiger partial charge in [-0.2, -0.15) is 0 Å². The molecule has 0 aliphatic rings. The van der Waals surface area contributed by atoms with Crippen LogP contribution in [0.2, 0.25) is 5.02 Å². The number of carbonyl (C=O) groups is 1. The summed E-state index contributed by atoms with van der Waals surface area (Å²) in [5.74, 6) is 5.35. The molecular weight excluding hydrogens is 274 g/mol. The van der Waals surface area contributed by atoms with E-state index < -0.39 is 0 Å². The third-order valence-electron chi connectivity index (χ3n) is 2.47. The summed E-state index contributed by atoms with van der Waals surface area (Å²) in [5.41, 5.74) is 7.05. The summed E-state index contributed by atoms with van der Waals surface area (Å²) >= 11 is 6.02. The van der Waals surface area contributed by atoms with Crippen molar-refractivity contribution >= 4 is 23.2 Å². The van der Waals surface area contributed by atoms with E-state index in [-0.39, 0.29) is 12.5 Å². The van der Waals surface area contributed by atoms with Gasteiger partial charge in [-0.05, 0) is 30.3 Å². The number of benzene rings is 1. The summed E-state index contributed by atoms with van der Waals surface area (Å²) in [6.45, 7) is 0.253. The second-order valence-electron chi connectivity index (χ2n) is 3.90. The minimum absolute atomic E-state index is 0.238. The van der Waals surface area contributed by atoms with E-state index >= 15 is 0 Å². The molecule has 2 rings (SSSR count). The second kappa shape index (κ2) is 6.71. The zero-order valence-corrected chi connectivity index (χ0v) is 11.3. The van der Waals surface area contributed by atoms with Gasteiger partial charge in [0.1, 0.15) is 0 Å². The first-order valence-electron chi connectivity index (χ1n) is 5.90. The van der Waals surface area contributed by atoms with E-state index in [0.29, 0.717) is 21.8 Å². The molecule has 1 aromatic heterocycles. The van der Waals surface area contributed by atoms with E-state index in [9.17, 15) is 4.79 Å². The Hall–Kier alpha value is -2.35. The summed E-state index contributed by atoms with van der Waals surface area (Å²) < 4.78 is 0. The molecule has 3 N–H and O–H groups in total. The number of nitrogens with zero attached hydrogens (tertiary/aromatic N) is 1. The topological polar surface area (TPSA) is 68.0 Å². The second-order valence-corrected chi connectivity index (χ2v) is 4.30. The van der Waals surface area contributed by atoms with Gasteiger partial charge in [-0.25, -0.2) is 0 Å². The Kier molecular flexibility index (Phi) is 4.72. The number of rotatable bonds is 2. The lowest BCUT2D eigenvalue weighted by atomic mass is 10.2. The minimum atomic E-state index is -0.238. The fourth-order valence-corrected chi connectivity index (χ4v) is 1.71. The summed E-state index contributed by atoms with van der Waals surface area (Å²) in [5, 5.41) is 3.28. The van der Waals surface area contributed by atoms with Crippen LogP contribution < -0.4 is 11.1 Å². The first kappa shape index (κ1) is 14.1. The van der Waals surface area contributed by atoms with Gasteiger partial charge in [0.05, 0.1) is 17.1 Å². The van der Waals surface area contributed by atoms with Crippen LogP contribution in [0.15, 0.2) is 42.7 Å². The van der Waals surface area contributed by atoms with Crippen molar-refractivity contribution in [2.45, 2.75) is 0 Å². The van der Waals surface area contributed by atoms with Crippen molar-refractivity contribution in [1.29, 1.82) is 0 Å². The molecule has 0 bridgehead atoms. The van der Waals surface area contributed by atoms with Crippen molar-refractivity contribution in [1.82, 2.24) is 4.98 Å². The number of halogens is 1. The van der Waals surface area contributed by atoms with E-state index in [4.69, 9.17) is 17.3 Å². The van der Waals surface area contributed by atoms with Gasteiger partial charge < -0.3 is 11.1 Å². The number of aromatic nitrogens is 1. The zero-order chi connectivity index (χ0) is 14.4. The molecule has 0 saturated heterocycles. The van der Waals surface area contributed by atoms with Crippen molar-refractivity contribution < 1.29 is 4.79 Å². The molecule has 4 nitrogen and oxygen atoms in total. The molecule has 2 aromatic rings. The lowest BCUT2D eigenvalue weighted by Crippen LogP contribution is -2.12. The quantitative estimate of drug-likeness (QED) is 0.832. The molecular formula is C15H12ClN3O. The minimum Gasteiger partial charge on any atom is -0.322 e.